The highest BCUT2D eigenvalue weighted by atomic mass is 32.2. The van der Waals surface area contributed by atoms with Gasteiger partial charge in [0.15, 0.2) is 0 Å². The van der Waals surface area contributed by atoms with Gasteiger partial charge in [-0.05, 0) is 30.7 Å². The molecule has 0 saturated heterocycles. The van der Waals surface area contributed by atoms with Crippen LogP contribution in [0, 0.1) is 11.3 Å². The predicted molar refractivity (Wildman–Crippen MR) is 58.2 cm³/mol. The number of hydrogen-bond donors (Lipinski definition) is 1. The molecule has 1 atom stereocenters. The first kappa shape index (κ1) is 11.1. The minimum Gasteiger partial charge on any atom is -0.396 e. The van der Waals surface area contributed by atoms with Gasteiger partial charge in [0.2, 0.25) is 0 Å². The van der Waals surface area contributed by atoms with Gasteiger partial charge in [0, 0.05) is 16.8 Å². The molecule has 0 bridgehead atoms. The summed E-state index contributed by atoms with van der Waals surface area (Å²) < 4.78 is 0. The maximum atomic E-state index is 8.74. The Morgan fingerprint density at radius 2 is 2.07 bits per heavy atom. The van der Waals surface area contributed by atoms with E-state index in [2.05, 4.69) is 13.0 Å². The second-order valence-corrected chi connectivity index (χ2v) is 4.59. The second-order valence-electron chi connectivity index (χ2n) is 3.08. The Balaban J connectivity index is 2.56. The summed E-state index contributed by atoms with van der Waals surface area (Å²) in [6.45, 7) is 2.31. The van der Waals surface area contributed by atoms with E-state index in [1.807, 2.05) is 24.3 Å². The molecule has 0 aromatic heterocycles. The van der Waals surface area contributed by atoms with Gasteiger partial charge in [-0.1, -0.05) is 6.92 Å². The lowest BCUT2D eigenvalue weighted by Crippen LogP contribution is -1.98. The fourth-order valence-corrected chi connectivity index (χ4v) is 2.06. The van der Waals surface area contributed by atoms with Crippen molar-refractivity contribution in [2.45, 2.75) is 23.5 Å². The van der Waals surface area contributed by atoms with E-state index in [1.54, 1.807) is 11.8 Å². The van der Waals surface area contributed by atoms with Gasteiger partial charge in [-0.15, -0.1) is 11.8 Å². The number of rotatable bonds is 4. The van der Waals surface area contributed by atoms with E-state index in [1.165, 1.54) is 0 Å². The summed E-state index contributed by atoms with van der Waals surface area (Å²) in [5.41, 5.74) is 0.684. The van der Waals surface area contributed by atoms with E-state index in [9.17, 15) is 0 Å². The first-order chi connectivity index (χ1) is 6.76. The van der Waals surface area contributed by atoms with E-state index >= 15 is 0 Å². The van der Waals surface area contributed by atoms with Crippen molar-refractivity contribution < 1.29 is 5.11 Å². The molecule has 1 N–H and O–H groups in total. The van der Waals surface area contributed by atoms with E-state index in [0.717, 1.165) is 11.3 Å². The summed E-state index contributed by atoms with van der Waals surface area (Å²) in [6.07, 6.45) is 0.796. The third-order valence-corrected chi connectivity index (χ3v) is 3.04. The highest BCUT2D eigenvalue weighted by molar-refractivity contribution is 7.99. The SMILES string of the molecule is CC(CCO)Sc1ccc(C#N)cc1. The van der Waals surface area contributed by atoms with Gasteiger partial charge in [-0.3, -0.25) is 0 Å². The van der Waals surface area contributed by atoms with Crippen molar-refractivity contribution in [3.05, 3.63) is 29.8 Å². The zero-order chi connectivity index (χ0) is 10.4. The highest BCUT2D eigenvalue weighted by Gasteiger charge is 2.03. The van der Waals surface area contributed by atoms with Crippen molar-refractivity contribution in [2.24, 2.45) is 0 Å². The van der Waals surface area contributed by atoms with Crippen molar-refractivity contribution in [3.8, 4) is 6.07 Å². The Morgan fingerprint density at radius 3 is 2.57 bits per heavy atom. The number of aliphatic hydroxyl groups excluding tert-OH is 1. The molecule has 0 heterocycles. The van der Waals surface area contributed by atoms with Crippen LogP contribution in [0.5, 0.6) is 0 Å². The number of thioether (sulfide) groups is 1. The molecular weight excluding hydrogens is 194 g/mol. The summed E-state index contributed by atoms with van der Waals surface area (Å²) >= 11 is 1.72. The quantitative estimate of drug-likeness (QED) is 0.771. The molecule has 1 rings (SSSR count). The van der Waals surface area contributed by atoms with Crippen LogP contribution in [0.15, 0.2) is 29.2 Å². The van der Waals surface area contributed by atoms with Crippen molar-refractivity contribution in [2.75, 3.05) is 6.61 Å². The first-order valence-corrected chi connectivity index (χ1v) is 5.42. The molecular formula is C11H13NOS. The maximum Gasteiger partial charge on any atom is 0.0991 e. The molecule has 0 saturated carbocycles. The number of nitrogens with zero attached hydrogens (tertiary/aromatic N) is 1. The lowest BCUT2D eigenvalue weighted by molar-refractivity contribution is 0.289. The Kier molecular flexibility index (Phi) is 4.51. The average Bonchev–Trinajstić information content (AvgIpc) is 2.19. The second kappa shape index (κ2) is 5.69. The molecule has 0 amide bonds. The van der Waals surface area contributed by atoms with Gasteiger partial charge in [0.25, 0.3) is 0 Å². The Morgan fingerprint density at radius 1 is 1.43 bits per heavy atom. The van der Waals surface area contributed by atoms with Crippen molar-refractivity contribution >= 4 is 11.8 Å². The van der Waals surface area contributed by atoms with Crippen LogP contribution in [0.4, 0.5) is 0 Å². The molecule has 3 heteroatoms. The minimum atomic E-state index is 0.227. The van der Waals surface area contributed by atoms with Crippen molar-refractivity contribution in [3.63, 3.8) is 0 Å². The summed E-state index contributed by atoms with van der Waals surface area (Å²) in [7, 11) is 0. The van der Waals surface area contributed by atoms with Gasteiger partial charge in [-0.2, -0.15) is 5.26 Å². The van der Waals surface area contributed by atoms with Crippen LogP contribution >= 0.6 is 11.8 Å². The minimum absolute atomic E-state index is 0.227. The Bertz CT molecular complexity index is 315. The van der Waals surface area contributed by atoms with Gasteiger partial charge in [-0.25, -0.2) is 0 Å². The predicted octanol–water partition coefficient (Wildman–Crippen LogP) is 2.42. The van der Waals surface area contributed by atoms with Crippen LogP contribution < -0.4 is 0 Å². The molecule has 1 unspecified atom stereocenters. The average molecular weight is 207 g/mol. The number of aliphatic hydroxyl groups is 1. The van der Waals surface area contributed by atoms with E-state index in [4.69, 9.17) is 10.4 Å². The molecule has 0 spiro atoms. The molecule has 0 aliphatic heterocycles. The molecule has 0 aliphatic carbocycles. The standard InChI is InChI=1S/C11H13NOS/c1-9(6-7-13)14-11-4-2-10(8-12)3-5-11/h2-5,9,13H,6-7H2,1H3. The van der Waals surface area contributed by atoms with Crippen LogP contribution in [0.3, 0.4) is 0 Å². The van der Waals surface area contributed by atoms with Gasteiger partial charge >= 0.3 is 0 Å². The topological polar surface area (TPSA) is 44.0 Å². The van der Waals surface area contributed by atoms with Gasteiger partial charge in [0.1, 0.15) is 0 Å². The van der Waals surface area contributed by atoms with Crippen molar-refractivity contribution in [1.82, 2.24) is 0 Å². The fourth-order valence-electron chi connectivity index (χ4n) is 1.08. The Hall–Kier alpha value is -0.980. The fraction of sp³-hybridized carbons (Fsp3) is 0.364. The normalized spacial score (nSPS) is 12.1. The Labute approximate surface area is 88.6 Å². The third-order valence-electron chi connectivity index (χ3n) is 1.86. The molecule has 0 fully saturated rings. The zero-order valence-electron chi connectivity index (χ0n) is 8.10. The summed E-state index contributed by atoms with van der Waals surface area (Å²) in [5.74, 6) is 0. The van der Waals surface area contributed by atoms with Crippen LogP contribution in [0.2, 0.25) is 0 Å². The van der Waals surface area contributed by atoms with E-state index < -0.39 is 0 Å². The van der Waals surface area contributed by atoms with Gasteiger partial charge in [0.05, 0.1) is 11.6 Å². The largest absolute Gasteiger partial charge is 0.396 e. The molecule has 0 aliphatic rings. The molecule has 0 radical (unpaired) electrons. The van der Waals surface area contributed by atoms with Crippen LogP contribution in [0.25, 0.3) is 0 Å². The molecule has 14 heavy (non-hydrogen) atoms. The summed E-state index contributed by atoms with van der Waals surface area (Å²) in [6, 6.07) is 9.59. The van der Waals surface area contributed by atoms with E-state index in [0.29, 0.717) is 10.8 Å². The van der Waals surface area contributed by atoms with Crippen LogP contribution in [0.1, 0.15) is 18.9 Å². The number of hydrogen-bond acceptors (Lipinski definition) is 3. The zero-order valence-corrected chi connectivity index (χ0v) is 8.92. The third kappa shape index (κ3) is 3.41. The number of nitriles is 1. The first-order valence-electron chi connectivity index (χ1n) is 4.54. The highest BCUT2D eigenvalue weighted by Crippen LogP contribution is 2.24. The smallest absolute Gasteiger partial charge is 0.0991 e. The maximum absolute atomic E-state index is 8.74. The van der Waals surface area contributed by atoms with Crippen LogP contribution in [-0.2, 0) is 0 Å². The molecule has 2 nitrogen and oxygen atoms in total. The lowest BCUT2D eigenvalue weighted by Gasteiger charge is -2.08. The van der Waals surface area contributed by atoms with Crippen molar-refractivity contribution in [1.29, 1.82) is 5.26 Å². The van der Waals surface area contributed by atoms with E-state index in [-0.39, 0.29) is 6.61 Å². The summed E-state index contributed by atoms with van der Waals surface area (Å²) in [5, 5.41) is 17.8. The molecule has 1 aromatic carbocycles. The summed E-state index contributed by atoms with van der Waals surface area (Å²) in [4.78, 5) is 1.14. The van der Waals surface area contributed by atoms with Crippen LogP contribution in [-0.4, -0.2) is 17.0 Å². The van der Waals surface area contributed by atoms with Gasteiger partial charge < -0.3 is 5.11 Å². The molecule has 1 aromatic rings. The molecule has 74 valence electrons. The lowest BCUT2D eigenvalue weighted by atomic mass is 10.2. The monoisotopic (exact) mass is 207 g/mol. The number of benzene rings is 1.